The molecule has 7 nitrogen and oxygen atoms in total. The average Bonchev–Trinajstić information content (AvgIpc) is 2.83. The van der Waals surface area contributed by atoms with Gasteiger partial charge in [0.2, 0.25) is 0 Å². The number of alkyl halides is 3. The van der Waals surface area contributed by atoms with Crippen molar-refractivity contribution >= 4 is 17.6 Å². The Kier molecular flexibility index (Phi) is 8.26. The molecule has 3 rings (SSSR count). The summed E-state index contributed by atoms with van der Waals surface area (Å²) >= 11 is 0. The molecule has 1 aliphatic heterocycles. The first kappa shape index (κ1) is 24.5. The average molecular weight is 464 g/mol. The molecule has 2 amide bonds. The predicted molar refractivity (Wildman–Crippen MR) is 117 cm³/mol. The van der Waals surface area contributed by atoms with Crippen molar-refractivity contribution in [3.05, 3.63) is 59.3 Å². The fourth-order valence-corrected chi connectivity index (χ4v) is 3.48. The number of carbonyl (C=O) groups excluding carboxylic acids is 2. The molecule has 0 aliphatic carbocycles. The number of benzene rings is 1. The second-order valence-electron chi connectivity index (χ2n) is 7.57. The third-order valence-corrected chi connectivity index (χ3v) is 5.29. The van der Waals surface area contributed by atoms with Crippen molar-refractivity contribution in [1.29, 1.82) is 0 Å². The highest BCUT2D eigenvalue weighted by molar-refractivity contribution is 5.95. The lowest BCUT2D eigenvalue weighted by molar-refractivity contribution is -0.137. The van der Waals surface area contributed by atoms with Gasteiger partial charge >= 0.3 is 6.18 Å². The summed E-state index contributed by atoms with van der Waals surface area (Å²) in [7, 11) is 0. The molecule has 2 heterocycles. The zero-order valence-electron chi connectivity index (χ0n) is 18.4. The minimum atomic E-state index is -4.49. The molecule has 1 fully saturated rings. The Morgan fingerprint density at radius 2 is 1.85 bits per heavy atom. The molecular formula is C23H27F3N4O3. The van der Waals surface area contributed by atoms with Crippen LogP contribution in [0.3, 0.4) is 0 Å². The number of nitrogens with zero attached hydrogens (tertiary/aromatic N) is 3. The van der Waals surface area contributed by atoms with Crippen LogP contribution in [0.4, 0.5) is 19.0 Å². The van der Waals surface area contributed by atoms with Crippen LogP contribution in [-0.2, 0) is 10.9 Å². The summed E-state index contributed by atoms with van der Waals surface area (Å²) in [4.78, 5) is 32.7. The quantitative estimate of drug-likeness (QED) is 0.608. The molecule has 0 saturated carbocycles. The van der Waals surface area contributed by atoms with Crippen molar-refractivity contribution in [1.82, 2.24) is 15.2 Å². The number of hydrogen-bond acceptors (Lipinski definition) is 5. The van der Waals surface area contributed by atoms with Crippen LogP contribution in [0.2, 0.25) is 0 Å². The van der Waals surface area contributed by atoms with E-state index < -0.39 is 17.6 Å². The van der Waals surface area contributed by atoms with Crippen LogP contribution in [0.25, 0.3) is 0 Å². The monoisotopic (exact) mass is 464 g/mol. The molecule has 0 radical (unpaired) electrons. The van der Waals surface area contributed by atoms with Crippen molar-refractivity contribution < 1.29 is 27.5 Å². The standard InChI is InChI=1S/C23H27F3N4O3/c1-2-33-14-4-9-27-21(31)18-7-8-20(28-16-18)29-10-12-30(13-11-29)22(32)17-5-3-6-19(15-17)23(24,25)26/h3,5-8,15-16H,2,4,9-14H2,1H3,(H,27,31). The Balaban J connectivity index is 1.51. The number of aromatic nitrogens is 1. The number of hydrogen-bond donors (Lipinski definition) is 1. The van der Waals surface area contributed by atoms with E-state index >= 15 is 0 Å². The Labute approximate surface area is 190 Å². The molecule has 10 heteroatoms. The van der Waals surface area contributed by atoms with E-state index in [1.165, 1.54) is 23.2 Å². The minimum absolute atomic E-state index is 0.0213. The number of anilines is 1. The highest BCUT2D eigenvalue weighted by Gasteiger charge is 2.31. The smallest absolute Gasteiger partial charge is 0.382 e. The summed E-state index contributed by atoms with van der Waals surface area (Å²) in [5, 5.41) is 2.82. The van der Waals surface area contributed by atoms with E-state index in [2.05, 4.69) is 10.3 Å². The molecule has 0 unspecified atom stereocenters. The number of carbonyl (C=O) groups is 2. The Hall–Kier alpha value is -3.14. The summed E-state index contributed by atoms with van der Waals surface area (Å²) in [6, 6.07) is 7.92. The molecule has 0 atom stereocenters. The van der Waals surface area contributed by atoms with E-state index in [1.54, 1.807) is 12.1 Å². The normalized spacial score (nSPS) is 14.3. The Morgan fingerprint density at radius 1 is 1.09 bits per heavy atom. The van der Waals surface area contributed by atoms with Crippen LogP contribution in [0, 0.1) is 0 Å². The molecule has 1 aromatic heterocycles. The van der Waals surface area contributed by atoms with E-state index in [4.69, 9.17) is 4.74 Å². The maximum Gasteiger partial charge on any atom is 0.416 e. The van der Waals surface area contributed by atoms with Crippen molar-refractivity contribution in [2.24, 2.45) is 0 Å². The minimum Gasteiger partial charge on any atom is -0.382 e. The maximum atomic E-state index is 12.9. The van der Waals surface area contributed by atoms with E-state index in [-0.39, 0.29) is 11.5 Å². The van der Waals surface area contributed by atoms with E-state index in [9.17, 15) is 22.8 Å². The first-order valence-corrected chi connectivity index (χ1v) is 10.8. The lowest BCUT2D eigenvalue weighted by Crippen LogP contribution is -2.49. The summed E-state index contributed by atoms with van der Waals surface area (Å²) in [6.07, 6.45) is -2.25. The first-order valence-electron chi connectivity index (χ1n) is 10.8. The zero-order chi connectivity index (χ0) is 23.8. The van der Waals surface area contributed by atoms with Gasteiger partial charge in [0.05, 0.1) is 11.1 Å². The number of halogens is 3. The van der Waals surface area contributed by atoms with Crippen LogP contribution in [0.1, 0.15) is 39.6 Å². The molecule has 0 spiro atoms. The predicted octanol–water partition coefficient (Wildman–Crippen LogP) is 3.22. The lowest BCUT2D eigenvalue weighted by Gasteiger charge is -2.35. The van der Waals surface area contributed by atoms with Gasteiger partial charge in [-0.1, -0.05) is 6.07 Å². The molecule has 1 aliphatic rings. The van der Waals surface area contributed by atoms with Crippen LogP contribution in [0.5, 0.6) is 0 Å². The van der Waals surface area contributed by atoms with Crippen molar-refractivity contribution in [2.75, 3.05) is 50.8 Å². The van der Waals surface area contributed by atoms with Crippen molar-refractivity contribution in [2.45, 2.75) is 19.5 Å². The van der Waals surface area contributed by atoms with Crippen LogP contribution < -0.4 is 10.2 Å². The zero-order valence-corrected chi connectivity index (χ0v) is 18.4. The van der Waals surface area contributed by atoms with Crippen LogP contribution in [0.15, 0.2) is 42.6 Å². The number of pyridine rings is 1. The van der Waals surface area contributed by atoms with Gasteiger partial charge in [-0.3, -0.25) is 9.59 Å². The molecule has 33 heavy (non-hydrogen) atoms. The molecule has 1 aromatic carbocycles. The van der Waals surface area contributed by atoms with Gasteiger partial charge in [-0.05, 0) is 43.7 Å². The van der Waals surface area contributed by atoms with Gasteiger partial charge in [-0.15, -0.1) is 0 Å². The molecule has 1 N–H and O–H groups in total. The number of piperazine rings is 1. The molecule has 0 bridgehead atoms. The van der Waals surface area contributed by atoms with Gasteiger partial charge in [0.1, 0.15) is 5.82 Å². The highest BCUT2D eigenvalue weighted by Crippen LogP contribution is 2.30. The Bertz CT molecular complexity index is 943. The number of ether oxygens (including phenoxy) is 1. The maximum absolute atomic E-state index is 12.9. The van der Waals surface area contributed by atoms with Gasteiger partial charge in [0, 0.05) is 57.7 Å². The van der Waals surface area contributed by atoms with Gasteiger partial charge in [0.15, 0.2) is 0 Å². The van der Waals surface area contributed by atoms with Crippen LogP contribution >= 0.6 is 0 Å². The van der Waals surface area contributed by atoms with Crippen molar-refractivity contribution in [3.63, 3.8) is 0 Å². The number of nitrogens with one attached hydrogen (secondary N) is 1. The molecule has 1 saturated heterocycles. The third-order valence-electron chi connectivity index (χ3n) is 5.29. The van der Waals surface area contributed by atoms with Gasteiger partial charge < -0.3 is 19.9 Å². The lowest BCUT2D eigenvalue weighted by atomic mass is 10.1. The largest absolute Gasteiger partial charge is 0.416 e. The molecule has 178 valence electrons. The summed E-state index contributed by atoms with van der Waals surface area (Å²) < 4.78 is 44.0. The first-order chi connectivity index (χ1) is 15.8. The SMILES string of the molecule is CCOCCCNC(=O)c1ccc(N2CCN(C(=O)c3cccc(C(F)(F)F)c3)CC2)nc1. The summed E-state index contributed by atoms with van der Waals surface area (Å²) in [6.45, 7) is 5.37. The van der Waals surface area contributed by atoms with Gasteiger partial charge in [-0.25, -0.2) is 4.98 Å². The second-order valence-corrected chi connectivity index (χ2v) is 7.57. The number of amides is 2. The highest BCUT2D eigenvalue weighted by atomic mass is 19.4. The van der Waals surface area contributed by atoms with E-state index in [1.807, 2.05) is 11.8 Å². The third kappa shape index (κ3) is 6.67. The molecular weight excluding hydrogens is 437 g/mol. The fourth-order valence-electron chi connectivity index (χ4n) is 3.48. The number of rotatable bonds is 8. The topological polar surface area (TPSA) is 74.8 Å². The summed E-state index contributed by atoms with van der Waals surface area (Å²) in [5.74, 6) is 0.0428. The summed E-state index contributed by atoms with van der Waals surface area (Å²) in [5.41, 5.74) is -0.365. The van der Waals surface area contributed by atoms with Crippen molar-refractivity contribution in [3.8, 4) is 0 Å². The Morgan fingerprint density at radius 3 is 2.48 bits per heavy atom. The van der Waals surface area contributed by atoms with Gasteiger partial charge in [0.25, 0.3) is 11.8 Å². The fraction of sp³-hybridized carbons (Fsp3) is 0.435. The van der Waals surface area contributed by atoms with E-state index in [0.717, 1.165) is 18.6 Å². The van der Waals surface area contributed by atoms with Gasteiger partial charge in [-0.2, -0.15) is 13.2 Å². The van der Waals surface area contributed by atoms with Crippen LogP contribution in [-0.4, -0.2) is 67.6 Å². The van der Waals surface area contributed by atoms with E-state index in [0.29, 0.717) is 57.3 Å². The second kappa shape index (κ2) is 11.1. The molecule has 2 aromatic rings.